The van der Waals surface area contributed by atoms with Crippen LogP contribution in [0.4, 0.5) is 0 Å². The predicted molar refractivity (Wildman–Crippen MR) is 89.9 cm³/mol. The molecular weight excluding hydrogens is 304 g/mol. The van der Waals surface area contributed by atoms with Crippen LogP contribution < -0.4 is 0 Å². The zero-order chi connectivity index (χ0) is 15.1. The van der Waals surface area contributed by atoms with Crippen molar-refractivity contribution in [1.82, 2.24) is 9.88 Å². The third-order valence-corrected chi connectivity index (χ3v) is 4.44. The molecule has 1 heterocycles. The molecule has 0 N–H and O–H groups in total. The van der Waals surface area contributed by atoms with Gasteiger partial charge in [-0.1, -0.05) is 24.3 Å². The van der Waals surface area contributed by atoms with Crippen molar-refractivity contribution in [1.29, 1.82) is 0 Å². The second-order valence-electron chi connectivity index (χ2n) is 5.06. The molecule has 0 aliphatic heterocycles. The van der Waals surface area contributed by atoms with Gasteiger partial charge in [-0.25, -0.2) is 4.98 Å². The van der Waals surface area contributed by atoms with E-state index in [-0.39, 0.29) is 0 Å². The van der Waals surface area contributed by atoms with E-state index >= 15 is 0 Å². The number of alkyl halides is 1. The van der Waals surface area contributed by atoms with Gasteiger partial charge in [0, 0.05) is 37.7 Å². The van der Waals surface area contributed by atoms with E-state index in [4.69, 9.17) is 16.3 Å². The SMILES string of the molecule is COCCCN(C)Cc1ccc(-c2nc(CCl)cs2)cc1. The lowest BCUT2D eigenvalue weighted by Gasteiger charge is -2.16. The Kier molecular flexibility index (Phi) is 6.64. The predicted octanol–water partition coefficient (Wildman–Crippen LogP) is 4.02. The summed E-state index contributed by atoms with van der Waals surface area (Å²) < 4.78 is 5.08. The van der Waals surface area contributed by atoms with Gasteiger partial charge in [-0.15, -0.1) is 22.9 Å². The highest BCUT2D eigenvalue weighted by atomic mass is 35.5. The van der Waals surface area contributed by atoms with Gasteiger partial charge in [-0.3, -0.25) is 0 Å². The Hall–Kier alpha value is -0.940. The summed E-state index contributed by atoms with van der Waals surface area (Å²) in [6.45, 7) is 2.81. The van der Waals surface area contributed by atoms with E-state index in [9.17, 15) is 0 Å². The zero-order valence-corrected chi connectivity index (χ0v) is 14.1. The van der Waals surface area contributed by atoms with Crippen LogP contribution in [-0.4, -0.2) is 37.2 Å². The van der Waals surface area contributed by atoms with Crippen LogP contribution in [0, 0.1) is 0 Å². The number of hydrogen-bond donors (Lipinski definition) is 0. The van der Waals surface area contributed by atoms with Gasteiger partial charge >= 0.3 is 0 Å². The van der Waals surface area contributed by atoms with E-state index in [1.54, 1.807) is 18.4 Å². The number of rotatable bonds is 8. The lowest BCUT2D eigenvalue weighted by molar-refractivity contribution is 0.178. The Morgan fingerprint density at radius 3 is 2.67 bits per heavy atom. The monoisotopic (exact) mass is 324 g/mol. The molecule has 0 bridgehead atoms. The zero-order valence-electron chi connectivity index (χ0n) is 12.5. The van der Waals surface area contributed by atoms with E-state index in [1.807, 2.05) is 5.38 Å². The maximum atomic E-state index is 5.79. The molecule has 0 fully saturated rings. The molecule has 2 aromatic rings. The van der Waals surface area contributed by atoms with E-state index in [0.29, 0.717) is 5.88 Å². The summed E-state index contributed by atoms with van der Waals surface area (Å²) in [7, 11) is 3.88. The molecule has 2 rings (SSSR count). The van der Waals surface area contributed by atoms with Crippen molar-refractivity contribution in [2.45, 2.75) is 18.8 Å². The number of ether oxygens (including phenoxy) is 1. The molecule has 1 aromatic carbocycles. The van der Waals surface area contributed by atoms with Crippen LogP contribution in [0.2, 0.25) is 0 Å². The molecule has 0 radical (unpaired) electrons. The number of hydrogen-bond acceptors (Lipinski definition) is 4. The second-order valence-corrected chi connectivity index (χ2v) is 6.18. The summed E-state index contributed by atoms with van der Waals surface area (Å²) in [6, 6.07) is 8.61. The van der Waals surface area contributed by atoms with Gasteiger partial charge in [0.05, 0.1) is 11.6 Å². The van der Waals surface area contributed by atoms with E-state index in [0.717, 1.165) is 42.4 Å². The molecule has 3 nitrogen and oxygen atoms in total. The highest BCUT2D eigenvalue weighted by Crippen LogP contribution is 2.24. The Labute approximate surface area is 135 Å². The van der Waals surface area contributed by atoms with Crippen molar-refractivity contribution in [3.63, 3.8) is 0 Å². The number of benzene rings is 1. The summed E-state index contributed by atoms with van der Waals surface area (Å²) in [5.41, 5.74) is 3.41. The highest BCUT2D eigenvalue weighted by Gasteiger charge is 2.05. The van der Waals surface area contributed by atoms with Gasteiger partial charge in [-0.2, -0.15) is 0 Å². The van der Waals surface area contributed by atoms with Crippen LogP contribution in [0.15, 0.2) is 29.6 Å². The van der Waals surface area contributed by atoms with Gasteiger partial charge in [-0.05, 0) is 19.0 Å². The Balaban J connectivity index is 1.92. The minimum atomic E-state index is 0.473. The molecule has 0 amide bonds. The van der Waals surface area contributed by atoms with Gasteiger partial charge in [0.2, 0.25) is 0 Å². The summed E-state index contributed by atoms with van der Waals surface area (Å²) in [6.07, 6.45) is 1.06. The Morgan fingerprint density at radius 1 is 1.29 bits per heavy atom. The molecule has 0 spiro atoms. The average molecular weight is 325 g/mol. The molecular formula is C16H21ClN2OS. The molecule has 0 aliphatic rings. The van der Waals surface area contributed by atoms with Crippen LogP contribution >= 0.6 is 22.9 Å². The highest BCUT2D eigenvalue weighted by molar-refractivity contribution is 7.13. The van der Waals surface area contributed by atoms with Gasteiger partial charge in [0.15, 0.2) is 0 Å². The van der Waals surface area contributed by atoms with E-state index in [2.05, 4.69) is 41.2 Å². The van der Waals surface area contributed by atoms with Crippen LogP contribution in [0.3, 0.4) is 0 Å². The maximum Gasteiger partial charge on any atom is 0.123 e. The fourth-order valence-corrected chi connectivity index (χ4v) is 3.18. The third kappa shape index (κ3) is 5.08. The topological polar surface area (TPSA) is 25.4 Å². The van der Waals surface area contributed by atoms with Crippen molar-refractivity contribution in [2.75, 3.05) is 27.3 Å². The number of methoxy groups -OCH3 is 1. The number of nitrogens with zero attached hydrogens (tertiary/aromatic N) is 2. The first-order valence-corrected chi connectivity index (χ1v) is 8.41. The summed E-state index contributed by atoms with van der Waals surface area (Å²) in [5.74, 6) is 0.473. The van der Waals surface area contributed by atoms with E-state index < -0.39 is 0 Å². The fraction of sp³-hybridized carbons (Fsp3) is 0.438. The Bertz CT molecular complexity index is 541. The standard InChI is InChI=1S/C16H21ClN2OS/c1-19(8-3-9-20-2)11-13-4-6-14(7-5-13)16-18-15(10-17)12-21-16/h4-7,12H,3,8-11H2,1-2H3. The number of aromatic nitrogens is 1. The smallest absolute Gasteiger partial charge is 0.123 e. The van der Waals surface area contributed by atoms with Gasteiger partial charge in [0.1, 0.15) is 5.01 Å². The quantitative estimate of drug-likeness (QED) is 0.542. The maximum absolute atomic E-state index is 5.79. The normalized spacial score (nSPS) is 11.2. The van der Waals surface area contributed by atoms with Crippen LogP contribution in [0.1, 0.15) is 17.7 Å². The fourth-order valence-electron chi connectivity index (χ4n) is 2.12. The molecule has 0 saturated heterocycles. The molecule has 114 valence electrons. The van der Waals surface area contributed by atoms with Gasteiger partial charge < -0.3 is 9.64 Å². The van der Waals surface area contributed by atoms with E-state index in [1.165, 1.54) is 5.56 Å². The van der Waals surface area contributed by atoms with Crippen molar-refractivity contribution < 1.29 is 4.74 Å². The van der Waals surface area contributed by atoms with Crippen molar-refractivity contribution >= 4 is 22.9 Å². The lowest BCUT2D eigenvalue weighted by atomic mass is 10.1. The summed E-state index contributed by atoms with van der Waals surface area (Å²) in [5, 5.41) is 3.05. The lowest BCUT2D eigenvalue weighted by Crippen LogP contribution is -2.20. The van der Waals surface area contributed by atoms with Crippen molar-refractivity contribution in [3.8, 4) is 10.6 Å². The molecule has 5 heteroatoms. The molecule has 1 aromatic heterocycles. The van der Waals surface area contributed by atoms with Crippen molar-refractivity contribution in [2.24, 2.45) is 0 Å². The van der Waals surface area contributed by atoms with Crippen LogP contribution in [-0.2, 0) is 17.2 Å². The molecule has 0 saturated carbocycles. The first-order chi connectivity index (χ1) is 10.2. The van der Waals surface area contributed by atoms with Crippen LogP contribution in [0.25, 0.3) is 10.6 Å². The van der Waals surface area contributed by atoms with Crippen molar-refractivity contribution in [3.05, 3.63) is 40.9 Å². The minimum absolute atomic E-state index is 0.473. The second kappa shape index (κ2) is 8.49. The van der Waals surface area contributed by atoms with Gasteiger partial charge in [0.25, 0.3) is 0 Å². The third-order valence-electron chi connectivity index (χ3n) is 3.23. The average Bonchev–Trinajstić information content (AvgIpc) is 2.97. The molecule has 0 aliphatic carbocycles. The number of halogens is 1. The first-order valence-electron chi connectivity index (χ1n) is 7.00. The summed E-state index contributed by atoms with van der Waals surface area (Å²) >= 11 is 7.43. The number of thiazole rings is 1. The Morgan fingerprint density at radius 2 is 2.05 bits per heavy atom. The van der Waals surface area contributed by atoms with Crippen LogP contribution in [0.5, 0.6) is 0 Å². The summed E-state index contributed by atoms with van der Waals surface area (Å²) in [4.78, 5) is 6.81. The largest absolute Gasteiger partial charge is 0.385 e. The first kappa shape index (κ1) is 16.4. The molecule has 0 unspecified atom stereocenters. The minimum Gasteiger partial charge on any atom is -0.385 e. The molecule has 0 atom stereocenters. The molecule has 21 heavy (non-hydrogen) atoms.